The number of carbonyl (C=O) groups is 1. The summed E-state index contributed by atoms with van der Waals surface area (Å²) in [7, 11) is 1.68. The Kier molecular flexibility index (Phi) is 6.23. The minimum absolute atomic E-state index is 0.133. The second-order valence-corrected chi connectivity index (χ2v) is 6.53. The van der Waals surface area contributed by atoms with E-state index in [0.29, 0.717) is 12.1 Å². The molecule has 2 N–H and O–H groups in total. The maximum Gasteiger partial charge on any atom is 0.317 e. The van der Waals surface area contributed by atoms with E-state index in [2.05, 4.69) is 27.3 Å². The van der Waals surface area contributed by atoms with Crippen molar-refractivity contribution in [3.63, 3.8) is 0 Å². The summed E-state index contributed by atoms with van der Waals surface area (Å²) in [5, 5.41) is 12.4. The number of aliphatic carboxylic acids is 1. The Bertz CT molecular complexity index is 518. The van der Waals surface area contributed by atoms with Gasteiger partial charge in [-0.3, -0.25) is 9.69 Å². The average molecular weight is 371 g/mol. The van der Waals surface area contributed by atoms with Crippen molar-refractivity contribution in [2.45, 2.75) is 38.4 Å². The Balaban J connectivity index is 1.80. The second-order valence-electron chi connectivity index (χ2n) is 5.62. The van der Waals surface area contributed by atoms with Crippen LogP contribution >= 0.6 is 15.9 Å². The van der Waals surface area contributed by atoms with E-state index in [1.54, 1.807) is 7.11 Å². The zero-order valence-corrected chi connectivity index (χ0v) is 14.6. The van der Waals surface area contributed by atoms with Gasteiger partial charge in [0, 0.05) is 28.7 Å². The number of methoxy groups -OCH3 is 1. The van der Waals surface area contributed by atoms with E-state index in [1.807, 2.05) is 24.0 Å². The third-order valence-corrected chi connectivity index (χ3v) is 4.70. The van der Waals surface area contributed by atoms with Gasteiger partial charge in [0.05, 0.1) is 13.7 Å². The van der Waals surface area contributed by atoms with Crippen LogP contribution in [0, 0.1) is 0 Å². The third kappa shape index (κ3) is 4.44. The zero-order chi connectivity index (χ0) is 16.1. The van der Waals surface area contributed by atoms with E-state index >= 15 is 0 Å². The molecule has 2 rings (SSSR count). The number of benzene rings is 1. The first-order valence-electron chi connectivity index (χ1n) is 7.55. The van der Waals surface area contributed by atoms with Gasteiger partial charge in [-0.15, -0.1) is 0 Å². The highest BCUT2D eigenvalue weighted by Gasteiger charge is 2.33. The van der Waals surface area contributed by atoms with Gasteiger partial charge in [-0.25, -0.2) is 0 Å². The number of hydrogen-bond acceptors (Lipinski definition) is 4. The standard InChI is InChI=1S/C16H23BrN2O3/c1-3-19(10-16(20)21)14-7-13(8-14)18-9-11-4-5-12(17)6-15(11)22-2/h4-6,13-14,18H,3,7-10H2,1-2H3,(H,20,21). The smallest absolute Gasteiger partial charge is 0.317 e. The number of hydrogen-bond donors (Lipinski definition) is 2. The zero-order valence-electron chi connectivity index (χ0n) is 13.0. The van der Waals surface area contributed by atoms with Crippen molar-refractivity contribution in [1.29, 1.82) is 0 Å². The number of ether oxygens (including phenoxy) is 1. The fourth-order valence-corrected chi connectivity index (χ4v) is 3.18. The Labute approximate surface area is 139 Å². The van der Waals surface area contributed by atoms with Gasteiger partial charge in [0.15, 0.2) is 0 Å². The summed E-state index contributed by atoms with van der Waals surface area (Å²) in [4.78, 5) is 12.9. The fraction of sp³-hybridized carbons (Fsp3) is 0.562. The van der Waals surface area contributed by atoms with Crippen molar-refractivity contribution in [2.24, 2.45) is 0 Å². The van der Waals surface area contributed by atoms with Crippen LogP contribution in [-0.2, 0) is 11.3 Å². The summed E-state index contributed by atoms with van der Waals surface area (Å²) in [6.45, 7) is 3.69. The molecule has 0 spiro atoms. The third-order valence-electron chi connectivity index (χ3n) is 4.20. The molecule has 0 saturated heterocycles. The minimum Gasteiger partial charge on any atom is -0.496 e. The van der Waals surface area contributed by atoms with E-state index in [9.17, 15) is 4.79 Å². The topological polar surface area (TPSA) is 61.8 Å². The molecule has 0 unspecified atom stereocenters. The number of halogens is 1. The number of likely N-dealkylation sites (N-methyl/N-ethyl adjacent to an activating group) is 1. The highest BCUT2D eigenvalue weighted by molar-refractivity contribution is 9.10. The number of nitrogens with zero attached hydrogens (tertiary/aromatic N) is 1. The lowest BCUT2D eigenvalue weighted by Gasteiger charge is -2.42. The molecule has 122 valence electrons. The van der Waals surface area contributed by atoms with Crippen molar-refractivity contribution >= 4 is 21.9 Å². The van der Waals surface area contributed by atoms with Crippen LogP contribution in [0.2, 0.25) is 0 Å². The van der Waals surface area contributed by atoms with Gasteiger partial charge in [-0.1, -0.05) is 28.9 Å². The van der Waals surface area contributed by atoms with Gasteiger partial charge in [0.2, 0.25) is 0 Å². The van der Waals surface area contributed by atoms with E-state index in [1.165, 1.54) is 0 Å². The van der Waals surface area contributed by atoms with Crippen molar-refractivity contribution in [1.82, 2.24) is 10.2 Å². The molecule has 1 aliphatic carbocycles. The molecule has 0 heterocycles. The van der Waals surface area contributed by atoms with Crippen molar-refractivity contribution in [2.75, 3.05) is 20.2 Å². The van der Waals surface area contributed by atoms with Gasteiger partial charge < -0.3 is 15.2 Å². The predicted octanol–water partition coefficient (Wildman–Crippen LogP) is 2.48. The summed E-state index contributed by atoms with van der Waals surface area (Å²) in [6, 6.07) is 6.85. The molecular weight excluding hydrogens is 348 g/mol. The first-order valence-corrected chi connectivity index (χ1v) is 8.34. The molecule has 1 aromatic carbocycles. The lowest BCUT2D eigenvalue weighted by atomic mass is 9.85. The molecule has 22 heavy (non-hydrogen) atoms. The quantitative estimate of drug-likeness (QED) is 0.735. The largest absolute Gasteiger partial charge is 0.496 e. The van der Waals surface area contributed by atoms with Crippen LogP contribution in [0.3, 0.4) is 0 Å². The van der Waals surface area contributed by atoms with Crippen LogP contribution in [-0.4, -0.2) is 48.3 Å². The van der Waals surface area contributed by atoms with Gasteiger partial charge in [0.1, 0.15) is 5.75 Å². The van der Waals surface area contributed by atoms with Gasteiger partial charge in [-0.2, -0.15) is 0 Å². The molecule has 0 atom stereocenters. The molecule has 1 aliphatic rings. The number of nitrogens with one attached hydrogen (secondary N) is 1. The monoisotopic (exact) mass is 370 g/mol. The van der Waals surface area contributed by atoms with E-state index in [4.69, 9.17) is 9.84 Å². The Hall–Kier alpha value is -1.11. The second kappa shape index (κ2) is 7.94. The lowest BCUT2D eigenvalue weighted by Crippen LogP contribution is -2.53. The molecule has 1 aromatic rings. The summed E-state index contributed by atoms with van der Waals surface area (Å²) >= 11 is 3.44. The molecule has 1 fully saturated rings. The molecule has 0 aromatic heterocycles. The Morgan fingerprint density at radius 1 is 1.50 bits per heavy atom. The highest BCUT2D eigenvalue weighted by Crippen LogP contribution is 2.27. The van der Waals surface area contributed by atoms with Crippen LogP contribution in [0.25, 0.3) is 0 Å². The SMILES string of the molecule is CCN(CC(=O)O)C1CC(NCc2ccc(Br)cc2OC)C1. The summed E-state index contributed by atoms with van der Waals surface area (Å²) in [5.74, 6) is 0.122. The molecule has 0 amide bonds. The van der Waals surface area contributed by atoms with Crippen molar-refractivity contribution in [3.05, 3.63) is 28.2 Å². The molecule has 1 saturated carbocycles. The van der Waals surface area contributed by atoms with E-state index < -0.39 is 5.97 Å². The Morgan fingerprint density at radius 3 is 2.82 bits per heavy atom. The summed E-state index contributed by atoms with van der Waals surface area (Å²) in [5.41, 5.74) is 1.13. The molecule has 6 heteroatoms. The van der Waals surface area contributed by atoms with E-state index in [-0.39, 0.29) is 6.54 Å². The van der Waals surface area contributed by atoms with Gasteiger partial charge in [-0.05, 0) is 31.5 Å². The molecule has 5 nitrogen and oxygen atoms in total. The number of rotatable bonds is 8. The van der Waals surface area contributed by atoms with Crippen LogP contribution in [0.15, 0.2) is 22.7 Å². The first kappa shape index (κ1) is 17.2. The van der Waals surface area contributed by atoms with Crippen molar-refractivity contribution in [3.8, 4) is 5.75 Å². The number of carboxylic acid groups (broad SMARTS) is 1. The predicted molar refractivity (Wildman–Crippen MR) is 89.2 cm³/mol. The van der Waals surface area contributed by atoms with Crippen LogP contribution in [0.5, 0.6) is 5.75 Å². The molecule has 0 radical (unpaired) electrons. The van der Waals surface area contributed by atoms with E-state index in [0.717, 1.165) is 41.7 Å². The Morgan fingerprint density at radius 2 is 2.23 bits per heavy atom. The maximum atomic E-state index is 10.8. The minimum atomic E-state index is -0.752. The fourth-order valence-electron chi connectivity index (χ4n) is 2.84. The van der Waals surface area contributed by atoms with Crippen LogP contribution in [0.4, 0.5) is 0 Å². The summed E-state index contributed by atoms with van der Waals surface area (Å²) < 4.78 is 6.39. The average Bonchev–Trinajstić information content (AvgIpc) is 2.44. The normalized spacial score (nSPS) is 20.7. The van der Waals surface area contributed by atoms with Crippen LogP contribution in [0.1, 0.15) is 25.3 Å². The van der Waals surface area contributed by atoms with Gasteiger partial charge in [0.25, 0.3) is 0 Å². The van der Waals surface area contributed by atoms with Gasteiger partial charge >= 0.3 is 5.97 Å². The highest BCUT2D eigenvalue weighted by atomic mass is 79.9. The molecule has 0 aliphatic heterocycles. The van der Waals surface area contributed by atoms with Crippen molar-refractivity contribution < 1.29 is 14.6 Å². The lowest BCUT2D eigenvalue weighted by molar-refractivity contribution is -0.139. The first-order chi connectivity index (χ1) is 10.5. The summed E-state index contributed by atoms with van der Waals surface area (Å²) in [6.07, 6.45) is 2.00. The number of carboxylic acids is 1. The molecule has 0 bridgehead atoms. The maximum absolute atomic E-state index is 10.8. The molecular formula is C16H23BrN2O3. The van der Waals surface area contributed by atoms with Crippen LogP contribution < -0.4 is 10.1 Å².